The highest BCUT2D eigenvalue weighted by atomic mass is 16.3. The number of anilines is 1. The number of carbonyl (C=O) groups is 1. The number of likely N-dealkylation sites (tertiary alicyclic amines) is 1. The van der Waals surface area contributed by atoms with Gasteiger partial charge in [-0.05, 0) is 49.6 Å². The van der Waals surface area contributed by atoms with E-state index in [1.807, 2.05) is 90.7 Å². The van der Waals surface area contributed by atoms with Gasteiger partial charge in [-0.1, -0.05) is 54.6 Å². The number of amides is 1. The van der Waals surface area contributed by atoms with Crippen molar-refractivity contribution in [2.75, 3.05) is 18.4 Å². The van der Waals surface area contributed by atoms with Crippen LogP contribution in [0.1, 0.15) is 31.0 Å². The highest BCUT2D eigenvalue weighted by molar-refractivity contribution is 5.90. The molecule has 1 aliphatic rings. The molecule has 5 heteroatoms. The number of benzene rings is 2. The van der Waals surface area contributed by atoms with Gasteiger partial charge in [0.1, 0.15) is 11.1 Å². The fourth-order valence-electron chi connectivity index (χ4n) is 4.12. The smallest absolute Gasteiger partial charge is 0.252 e. The quantitative estimate of drug-likeness (QED) is 0.680. The number of pyridine rings is 1. The number of para-hydroxylation sites is 1. The van der Waals surface area contributed by atoms with Crippen LogP contribution in [0, 0.1) is 0 Å². The van der Waals surface area contributed by atoms with E-state index >= 15 is 0 Å². The van der Waals surface area contributed by atoms with Gasteiger partial charge in [0.05, 0.1) is 5.69 Å². The van der Waals surface area contributed by atoms with Crippen LogP contribution in [0.15, 0.2) is 85.1 Å². The van der Waals surface area contributed by atoms with Crippen LogP contribution in [0.25, 0.3) is 0 Å². The molecular formula is C25H27N3O2. The first-order chi connectivity index (χ1) is 14.5. The minimum atomic E-state index is -0.992. The Morgan fingerprint density at radius 3 is 2.17 bits per heavy atom. The average Bonchev–Trinajstić information content (AvgIpc) is 2.81. The summed E-state index contributed by atoms with van der Waals surface area (Å²) < 4.78 is 0. The Morgan fingerprint density at radius 1 is 0.967 bits per heavy atom. The molecule has 1 aliphatic heterocycles. The summed E-state index contributed by atoms with van der Waals surface area (Å²) in [5.74, 6) is 0.000578. The van der Waals surface area contributed by atoms with Crippen LogP contribution < -0.4 is 5.32 Å². The fraction of sp³-hybridized carbons (Fsp3) is 0.280. The van der Waals surface area contributed by atoms with Crippen LogP contribution in [-0.4, -0.2) is 34.0 Å². The number of piperidine rings is 1. The van der Waals surface area contributed by atoms with E-state index < -0.39 is 11.1 Å². The predicted octanol–water partition coefficient (Wildman–Crippen LogP) is 3.92. The van der Waals surface area contributed by atoms with Gasteiger partial charge >= 0.3 is 0 Å². The lowest BCUT2D eigenvalue weighted by Crippen LogP contribution is -2.54. The first-order valence-electron chi connectivity index (χ1n) is 10.3. The molecule has 5 nitrogen and oxygen atoms in total. The van der Waals surface area contributed by atoms with Crippen molar-refractivity contribution in [3.63, 3.8) is 0 Å². The maximum absolute atomic E-state index is 13.7. The number of nitrogens with zero attached hydrogens (tertiary/aromatic N) is 2. The fourth-order valence-corrected chi connectivity index (χ4v) is 4.12. The molecule has 154 valence electrons. The summed E-state index contributed by atoms with van der Waals surface area (Å²) in [6.07, 6.45) is 2.62. The van der Waals surface area contributed by atoms with Crippen molar-refractivity contribution < 1.29 is 9.90 Å². The van der Waals surface area contributed by atoms with Crippen LogP contribution in [-0.2, 0) is 15.9 Å². The van der Waals surface area contributed by atoms with E-state index in [0.29, 0.717) is 31.6 Å². The van der Waals surface area contributed by atoms with Gasteiger partial charge in [0.2, 0.25) is 0 Å². The molecule has 4 rings (SSSR count). The van der Waals surface area contributed by atoms with Crippen molar-refractivity contribution in [2.24, 2.45) is 0 Å². The molecule has 1 amide bonds. The number of hydrogen-bond acceptors (Lipinski definition) is 4. The summed E-state index contributed by atoms with van der Waals surface area (Å²) >= 11 is 0. The second-order valence-electron chi connectivity index (χ2n) is 8.02. The van der Waals surface area contributed by atoms with Gasteiger partial charge in [0, 0.05) is 25.0 Å². The number of aromatic nitrogens is 1. The molecule has 1 atom stereocenters. The standard InChI is InChI=1S/C25H27N3O2/c1-24(20-10-4-2-5-11-20,27-21-12-6-3-7-13-21)23(29)28-18-15-25(30,16-19-28)22-14-8-9-17-26-22/h2-14,17,27,30H,15-16,18-19H2,1H3. The Morgan fingerprint density at radius 2 is 1.57 bits per heavy atom. The summed E-state index contributed by atoms with van der Waals surface area (Å²) in [5.41, 5.74) is 0.561. The van der Waals surface area contributed by atoms with E-state index in [4.69, 9.17) is 0 Å². The number of aliphatic hydroxyl groups is 1. The SMILES string of the molecule is CC(Nc1ccccc1)(C(=O)N1CCC(O)(c2ccccn2)CC1)c1ccccc1. The molecule has 1 unspecified atom stereocenters. The average molecular weight is 402 g/mol. The number of rotatable bonds is 5. The lowest BCUT2D eigenvalue weighted by atomic mass is 9.85. The maximum atomic E-state index is 13.7. The summed E-state index contributed by atoms with van der Waals surface area (Å²) in [4.78, 5) is 19.9. The summed E-state index contributed by atoms with van der Waals surface area (Å²) in [7, 11) is 0. The van der Waals surface area contributed by atoms with Crippen LogP contribution in [0.3, 0.4) is 0 Å². The lowest BCUT2D eigenvalue weighted by Gasteiger charge is -2.42. The summed E-state index contributed by atoms with van der Waals surface area (Å²) in [5, 5.41) is 14.5. The molecule has 0 saturated carbocycles. The third-order valence-electron chi connectivity index (χ3n) is 5.97. The molecular weight excluding hydrogens is 374 g/mol. The van der Waals surface area contributed by atoms with Crippen LogP contribution in [0.5, 0.6) is 0 Å². The van der Waals surface area contributed by atoms with Gasteiger partial charge in [-0.3, -0.25) is 9.78 Å². The topological polar surface area (TPSA) is 65.5 Å². The zero-order chi connectivity index (χ0) is 21.0. The molecule has 30 heavy (non-hydrogen) atoms. The second kappa shape index (κ2) is 8.28. The second-order valence-corrected chi connectivity index (χ2v) is 8.02. The summed E-state index contributed by atoms with van der Waals surface area (Å²) in [6.45, 7) is 2.88. The zero-order valence-corrected chi connectivity index (χ0v) is 17.2. The van der Waals surface area contributed by atoms with Gasteiger partial charge in [0.15, 0.2) is 0 Å². The van der Waals surface area contributed by atoms with Crippen LogP contribution in [0.4, 0.5) is 5.69 Å². The van der Waals surface area contributed by atoms with Crippen molar-refractivity contribution in [1.29, 1.82) is 0 Å². The molecule has 1 aromatic heterocycles. The number of hydrogen-bond donors (Lipinski definition) is 2. The normalized spacial score (nSPS) is 17.7. The van der Waals surface area contributed by atoms with E-state index in [1.165, 1.54) is 0 Å². The van der Waals surface area contributed by atoms with Crippen molar-refractivity contribution in [1.82, 2.24) is 9.88 Å². The first-order valence-corrected chi connectivity index (χ1v) is 10.3. The van der Waals surface area contributed by atoms with Crippen molar-refractivity contribution in [3.05, 3.63) is 96.3 Å². The third-order valence-corrected chi connectivity index (χ3v) is 5.97. The Hall–Kier alpha value is -3.18. The first kappa shape index (κ1) is 20.1. The molecule has 0 aliphatic carbocycles. The van der Waals surface area contributed by atoms with E-state index in [1.54, 1.807) is 6.20 Å². The van der Waals surface area contributed by atoms with Crippen molar-refractivity contribution in [2.45, 2.75) is 30.9 Å². The Kier molecular flexibility index (Phi) is 5.55. The van der Waals surface area contributed by atoms with E-state index in [0.717, 1.165) is 11.3 Å². The lowest BCUT2D eigenvalue weighted by molar-refractivity contribution is -0.140. The molecule has 1 fully saturated rings. The maximum Gasteiger partial charge on any atom is 0.252 e. The zero-order valence-electron chi connectivity index (χ0n) is 17.2. The Labute approximate surface area is 177 Å². The minimum absolute atomic E-state index is 0.000578. The van der Waals surface area contributed by atoms with E-state index in [-0.39, 0.29) is 5.91 Å². The molecule has 0 spiro atoms. The van der Waals surface area contributed by atoms with E-state index in [2.05, 4.69) is 10.3 Å². The number of carbonyl (C=O) groups excluding carboxylic acids is 1. The van der Waals surface area contributed by atoms with Crippen LogP contribution >= 0.6 is 0 Å². The number of nitrogens with one attached hydrogen (secondary N) is 1. The molecule has 2 heterocycles. The Bertz CT molecular complexity index is 971. The van der Waals surface area contributed by atoms with E-state index in [9.17, 15) is 9.90 Å². The molecule has 2 aromatic carbocycles. The van der Waals surface area contributed by atoms with Gasteiger partial charge in [-0.15, -0.1) is 0 Å². The van der Waals surface area contributed by atoms with Crippen molar-refractivity contribution >= 4 is 11.6 Å². The third kappa shape index (κ3) is 3.94. The highest BCUT2D eigenvalue weighted by Crippen LogP contribution is 2.34. The van der Waals surface area contributed by atoms with Crippen LogP contribution in [0.2, 0.25) is 0 Å². The Balaban J connectivity index is 1.57. The summed E-state index contributed by atoms with van der Waals surface area (Å²) in [6, 6.07) is 25.1. The molecule has 0 bridgehead atoms. The predicted molar refractivity (Wildman–Crippen MR) is 118 cm³/mol. The minimum Gasteiger partial charge on any atom is -0.383 e. The molecule has 3 aromatic rings. The molecule has 0 radical (unpaired) electrons. The van der Waals surface area contributed by atoms with Crippen molar-refractivity contribution in [3.8, 4) is 0 Å². The highest BCUT2D eigenvalue weighted by Gasteiger charge is 2.43. The van der Waals surface area contributed by atoms with Gasteiger partial charge in [-0.2, -0.15) is 0 Å². The van der Waals surface area contributed by atoms with Gasteiger partial charge < -0.3 is 15.3 Å². The monoisotopic (exact) mass is 401 g/mol. The largest absolute Gasteiger partial charge is 0.383 e. The molecule has 1 saturated heterocycles. The van der Waals surface area contributed by atoms with Gasteiger partial charge in [-0.25, -0.2) is 0 Å². The van der Waals surface area contributed by atoms with Gasteiger partial charge in [0.25, 0.3) is 5.91 Å². The molecule has 2 N–H and O–H groups in total.